The van der Waals surface area contributed by atoms with Gasteiger partial charge < -0.3 is 15.2 Å². The zero-order chi connectivity index (χ0) is 15.6. The highest BCUT2D eigenvalue weighted by molar-refractivity contribution is 7.89. The molecule has 7 nitrogen and oxygen atoms in total. The van der Waals surface area contributed by atoms with E-state index in [0.717, 1.165) is 0 Å². The van der Waals surface area contributed by atoms with Gasteiger partial charge in [0, 0.05) is 20.0 Å². The standard InChI is InChI=1S/C13H18N2O5S/c1-9(16)14-12-7-11(3-4-13(12)20-2)21(18,19)15-6-5-10(17)8-15/h3-4,7,10,17H,5-6,8H2,1-2H3,(H,14,16). The first-order chi connectivity index (χ1) is 9.84. The number of anilines is 1. The summed E-state index contributed by atoms with van der Waals surface area (Å²) in [7, 11) is -2.25. The van der Waals surface area contributed by atoms with Crippen molar-refractivity contribution in [2.24, 2.45) is 0 Å². The van der Waals surface area contributed by atoms with Crippen molar-refractivity contribution >= 4 is 21.6 Å². The lowest BCUT2D eigenvalue weighted by Crippen LogP contribution is -2.29. The number of sulfonamides is 1. The summed E-state index contributed by atoms with van der Waals surface area (Å²) >= 11 is 0. The number of β-amino-alcohol motifs (C(OH)–C–C–N with tert-alkyl or cyclic N) is 1. The van der Waals surface area contributed by atoms with Gasteiger partial charge in [0.05, 0.1) is 23.8 Å². The molecule has 1 aliphatic heterocycles. The SMILES string of the molecule is COc1ccc(S(=O)(=O)N2CCC(O)C2)cc1NC(C)=O. The maximum atomic E-state index is 12.5. The Hall–Kier alpha value is -1.64. The first-order valence-electron chi connectivity index (χ1n) is 6.48. The van der Waals surface area contributed by atoms with E-state index in [1.165, 1.54) is 36.5 Å². The van der Waals surface area contributed by atoms with E-state index in [1.807, 2.05) is 0 Å². The van der Waals surface area contributed by atoms with Gasteiger partial charge in [-0.05, 0) is 24.6 Å². The summed E-state index contributed by atoms with van der Waals surface area (Å²) in [6.07, 6.45) is -0.207. The van der Waals surface area contributed by atoms with Gasteiger partial charge in [0.25, 0.3) is 0 Å². The molecule has 1 aromatic carbocycles. The van der Waals surface area contributed by atoms with Gasteiger partial charge >= 0.3 is 0 Å². The van der Waals surface area contributed by atoms with Crippen LogP contribution >= 0.6 is 0 Å². The van der Waals surface area contributed by atoms with Crippen molar-refractivity contribution in [3.63, 3.8) is 0 Å². The van der Waals surface area contributed by atoms with Crippen LogP contribution < -0.4 is 10.1 Å². The largest absolute Gasteiger partial charge is 0.495 e. The molecule has 2 N–H and O–H groups in total. The molecule has 1 aliphatic rings. The Morgan fingerprint density at radius 2 is 2.19 bits per heavy atom. The van der Waals surface area contributed by atoms with Crippen molar-refractivity contribution in [2.45, 2.75) is 24.3 Å². The van der Waals surface area contributed by atoms with E-state index in [-0.39, 0.29) is 23.9 Å². The summed E-state index contributed by atoms with van der Waals surface area (Å²) in [4.78, 5) is 11.2. The Morgan fingerprint density at radius 1 is 1.48 bits per heavy atom. The number of hydrogen-bond donors (Lipinski definition) is 2. The second-order valence-corrected chi connectivity index (χ2v) is 6.79. The highest BCUT2D eigenvalue weighted by Crippen LogP contribution is 2.30. The molecular weight excluding hydrogens is 296 g/mol. The molecule has 1 atom stereocenters. The zero-order valence-electron chi connectivity index (χ0n) is 11.9. The first kappa shape index (κ1) is 15.7. The minimum atomic E-state index is -3.69. The van der Waals surface area contributed by atoms with Crippen molar-refractivity contribution in [2.75, 3.05) is 25.5 Å². The average Bonchev–Trinajstić information content (AvgIpc) is 2.85. The van der Waals surface area contributed by atoms with Gasteiger partial charge in [0.2, 0.25) is 15.9 Å². The van der Waals surface area contributed by atoms with Crippen LogP contribution in [0.25, 0.3) is 0 Å². The number of benzene rings is 1. The second kappa shape index (κ2) is 6.00. The van der Waals surface area contributed by atoms with Crippen LogP contribution in [0.15, 0.2) is 23.1 Å². The van der Waals surface area contributed by atoms with Crippen molar-refractivity contribution in [3.8, 4) is 5.75 Å². The molecule has 1 aromatic rings. The summed E-state index contributed by atoms with van der Waals surface area (Å²) in [5.41, 5.74) is 0.297. The molecule has 1 heterocycles. The number of rotatable bonds is 4. The van der Waals surface area contributed by atoms with Crippen LogP contribution in [0.4, 0.5) is 5.69 Å². The molecule has 0 spiro atoms. The first-order valence-corrected chi connectivity index (χ1v) is 7.92. The normalized spacial score (nSPS) is 19.5. The van der Waals surface area contributed by atoms with E-state index in [2.05, 4.69) is 5.32 Å². The molecule has 0 aliphatic carbocycles. The maximum absolute atomic E-state index is 12.5. The van der Waals surface area contributed by atoms with Gasteiger partial charge in [-0.25, -0.2) is 8.42 Å². The number of aliphatic hydroxyl groups excluding tert-OH is 1. The monoisotopic (exact) mass is 314 g/mol. The van der Waals surface area contributed by atoms with Crippen molar-refractivity contribution in [1.82, 2.24) is 4.31 Å². The molecule has 8 heteroatoms. The van der Waals surface area contributed by atoms with Crippen molar-refractivity contribution in [1.29, 1.82) is 0 Å². The Morgan fingerprint density at radius 3 is 2.71 bits per heavy atom. The number of aliphatic hydroxyl groups is 1. The van der Waals surface area contributed by atoms with E-state index >= 15 is 0 Å². The van der Waals surface area contributed by atoms with Gasteiger partial charge in [0.1, 0.15) is 5.75 Å². The molecule has 21 heavy (non-hydrogen) atoms. The van der Waals surface area contributed by atoms with Crippen LogP contribution in [0.3, 0.4) is 0 Å². The molecule has 1 amide bonds. The fourth-order valence-corrected chi connectivity index (χ4v) is 3.73. The Balaban J connectivity index is 2.37. The number of amides is 1. The summed E-state index contributed by atoms with van der Waals surface area (Å²) in [5.74, 6) is 0.0602. The van der Waals surface area contributed by atoms with Crippen LogP contribution in [0.2, 0.25) is 0 Å². The third-order valence-electron chi connectivity index (χ3n) is 3.25. The number of ether oxygens (including phenoxy) is 1. The molecule has 0 bridgehead atoms. The maximum Gasteiger partial charge on any atom is 0.243 e. The van der Waals surface area contributed by atoms with Gasteiger partial charge in [-0.3, -0.25) is 4.79 Å². The fourth-order valence-electron chi connectivity index (χ4n) is 2.21. The molecule has 1 saturated heterocycles. The van der Waals surface area contributed by atoms with Crippen LogP contribution in [-0.4, -0.2) is 50.0 Å². The molecule has 1 unspecified atom stereocenters. The second-order valence-electron chi connectivity index (χ2n) is 4.85. The summed E-state index contributed by atoms with van der Waals surface area (Å²) in [6.45, 7) is 1.70. The summed E-state index contributed by atoms with van der Waals surface area (Å²) in [5, 5.41) is 12.0. The molecule has 0 saturated carbocycles. The van der Waals surface area contributed by atoms with Gasteiger partial charge in [-0.2, -0.15) is 4.31 Å². The molecule has 2 rings (SSSR count). The number of hydrogen-bond acceptors (Lipinski definition) is 5. The lowest BCUT2D eigenvalue weighted by Gasteiger charge is -2.17. The van der Waals surface area contributed by atoms with E-state index in [9.17, 15) is 18.3 Å². The molecule has 116 valence electrons. The number of carbonyl (C=O) groups is 1. The molecule has 1 fully saturated rings. The Bertz CT molecular complexity index is 644. The third-order valence-corrected chi connectivity index (χ3v) is 5.11. The van der Waals surface area contributed by atoms with Crippen LogP contribution in [-0.2, 0) is 14.8 Å². The number of nitrogens with zero attached hydrogens (tertiary/aromatic N) is 1. The van der Waals surface area contributed by atoms with E-state index in [1.54, 1.807) is 0 Å². The topological polar surface area (TPSA) is 95.9 Å². The quantitative estimate of drug-likeness (QED) is 0.839. The van der Waals surface area contributed by atoms with E-state index < -0.39 is 16.1 Å². The predicted molar refractivity (Wildman–Crippen MR) is 76.7 cm³/mol. The van der Waals surface area contributed by atoms with E-state index in [4.69, 9.17) is 4.74 Å². The van der Waals surface area contributed by atoms with Gasteiger partial charge in [-0.1, -0.05) is 0 Å². The van der Waals surface area contributed by atoms with Crippen LogP contribution in [0, 0.1) is 0 Å². The van der Waals surface area contributed by atoms with Crippen LogP contribution in [0.1, 0.15) is 13.3 Å². The third kappa shape index (κ3) is 3.34. The van der Waals surface area contributed by atoms with Gasteiger partial charge in [0.15, 0.2) is 0 Å². The zero-order valence-corrected chi connectivity index (χ0v) is 12.7. The average molecular weight is 314 g/mol. The smallest absolute Gasteiger partial charge is 0.243 e. The van der Waals surface area contributed by atoms with Crippen LogP contribution in [0.5, 0.6) is 5.75 Å². The number of carbonyl (C=O) groups excluding carboxylic acids is 1. The molecule has 0 radical (unpaired) electrons. The number of nitrogens with one attached hydrogen (secondary N) is 1. The van der Waals surface area contributed by atoms with Crippen molar-refractivity contribution in [3.05, 3.63) is 18.2 Å². The number of methoxy groups -OCH3 is 1. The van der Waals surface area contributed by atoms with E-state index in [0.29, 0.717) is 17.9 Å². The summed E-state index contributed by atoms with van der Waals surface area (Å²) < 4.78 is 31.3. The lowest BCUT2D eigenvalue weighted by atomic mass is 10.3. The minimum Gasteiger partial charge on any atom is -0.495 e. The molecule has 0 aromatic heterocycles. The van der Waals surface area contributed by atoms with Crippen molar-refractivity contribution < 1.29 is 23.1 Å². The summed E-state index contributed by atoms with van der Waals surface area (Å²) in [6, 6.07) is 4.27. The fraction of sp³-hybridized carbons (Fsp3) is 0.462. The predicted octanol–water partition coefficient (Wildman–Crippen LogP) is 0.409. The molecular formula is C13H18N2O5S. The Kier molecular flexibility index (Phi) is 4.50. The highest BCUT2D eigenvalue weighted by Gasteiger charge is 2.32. The minimum absolute atomic E-state index is 0.0566. The lowest BCUT2D eigenvalue weighted by molar-refractivity contribution is -0.114. The highest BCUT2D eigenvalue weighted by atomic mass is 32.2. The van der Waals surface area contributed by atoms with Gasteiger partial charge in [-0.15, -0.1) is 0 Å². The Labute approximate surface area is 123 Å².